The molecule has 2 aromatic carbocycles. The minimum Gasteiger partial charge on any atom is -0.452 e. The van der Waals surface area contributed by atoms with E-state index in [9.17, 15) is 26.8 Å². The van der Waals surface area contributed by atoms with Crippen LogP contribution in [0.3, 0.4) is 0 Å². The quantitative estimate of drug-likeness (QED) is 0.516. The second kappa shape index (κ2) is 9.27. The molecule has 0 aliphatic heterocycles. The smallest absolute Gasteiger partial charge is 0.338 e. The summed E-state index contributed by atoms with van der Waals surface area (Å²) in [5.74, 6) is -3.60. The molecule has 29 heavy (non-hydrogen) atoms. The summed E-state index contributed by atoms with van der Waals surface area (Å²) in [5, 5.41) is 1.89. The number of sulfonamides is 1. The molecule has 2 rings (SSSR count). The van der Waals surface area contributed by atoms with Crippen molar-refractivity contribution in [1.82, 2.24) is 4.47 Å². The topological polar surface area (TPSA) is 102 Å². The first-order chi connectivity index (χ1) is 13.6. The van der Waals surface area contributed by atoms with Crippen molar-refractivity contribution in [2.24, 2.45) is 0 Å². The van der Waals surface area contributed by atoms with E-state index in [0.29, 0.717) is 4.47 Å². The lowest BCUT2D eigenvalue weighted by Gasteiger charge is -2.15. The number of hydrogen-bond donors (Lipinski definition) is 1. The normalized spacial score (nSPS) is 11.4. The second-order valence-corrected chi connectivity index (χ2v) is 7.80. The first kappa shape index (κ1) is 22.7. The molecule has 0 aliphatic rings. The fourth-order valence-electron chi connectivity index (χ4n) is 2.06. The highest BCUT2D eigenvalue weighted by molar-refractivity contribution is 7.89. The van der Waals surface area contributed by atoms with Crippen molar-refractivity contribution in [3.63, 3.8) is 0 Å². The number of hydrogen-bond acceptors (Lipinski definition) is 6. The van der Waals surface area contributed by atoms with Crippen LogP contribution in [0.2, 0.25) is 5.02 Å². The second-order valence-electron chi connectivity index (χ2n) is 5.49. The Morgan fingerprint density at radius 3 is 2.52 bits per heavy atom. The molecule has 0 spiro atoms. The van der Waals surface area contributed by atoms with Crippen LogP contribution in [0.25, 0.3) is 0 Å². The van der Waals surface area contributed by atoms with Gasteiger partial charge in [0, 0.05) is 13.1 Å². The molecule has 12 heteroatoms. The van der Waals surface area contributed by atoms with Gasteiger partial charge in [0.05, 0.1) is 23.4 Å². The maximum atomic E-state index is 13.5. The Morgan fingerprint density at radius 1 is 1.17 bits per heavy atom. The number of ether oxygens (including phenoxy) is 1. The van der Waals surface area contributed by atoms with E-state index < -0.39 is 50.7 Å². The van der Waals surface area contributed by atoms with Crippen LogP contribution in [0.1, 0.15) is 10.4 Å². The van der Waals surface area contributed by atoms with Gasteiger partial charge in [0.1, 0.15) is 16.5 Å². The van der Waals surface area contributed by atoms with Crippen molar-refractivity contribution < 1.29 is 36.4 Å². The summed E-state index contributed by atoms with van der Waals surface area (Å²) in [7, 11) is -1.88. The van der Waals surface area contributed by atoms with Gasteiger partial charge in [-0.1, -0.05) is 16.1 Å². The lowest BCUT2D eigenvalue weighted by atomic mass is 10.2. The molecule has 0 unspecified atom stereocenters. The number of amides is 1. The van der Waals surface area contributed by atoms with E-state index in [-0.39, 0.29) is 10.6 Å². The Balaban J connectivity index is 2.10. The molecule has 0 bridgehead atoms. The average Bonchev–Trinajstić information content (AvgIpc) is 2.68. The summed E-state index contributed by atoms with van der Waals surface area (Å²) in [6, 6.07) is 5.77. The van der Waals surface area contributed by atoms with Crippen molar-refractivity contribution in [3.05, 3.63) is 58.6 Å². The molecule has 0 saturated heterocycles. The van der Waals surface area contributed by atoms with Gasteiger partial charge in [-0.3, -0.25) is 9.63 Å². The van der Waals surface area contributed by atoms with Gasteiger partial charge < -0.3 is 10.1 Å². The molecule has 0 aromatic heterocycles. The van der Waals surface area contributed by atoms with E-state index in [0.717, 1.165) is 44.5 Å². The maximum Gasteiger partial charge on any atom is 0.338 e. The molecule has 0 aliphatic carbocycles. The Morgan fingerprint density at radius 2 is 1.86 bits per heavy atom. The third kappa shape index (κ3) is 5.48. The highest BCUT2D eigenvalue weighted by atomic mass is 35.5. The standard InChI is InChI=1S/C17H15ClF2N2O6S/c1-22(27-2)29(25,26)15-7-10(3-5-12(15)18)17(24)28-9-16(23)21-14-8-11(19)4-6-13(14)20/h3-8H,9H2,1-2H3,(H,21,23). The molecule has 0 fully saturated rings. The van der Waals surface area contributed by atoms with Crippen LogP contribution in [0.5, 0.6) is 0 Å². The third-order valence-corrected chi connectivity index (χ3v) is 5.74. The molecule has 0 atom stereocenters. The number of halogens is 3. The molecule has 1 amide bonds. The van der Waals surface area contributed by atoms with E-state index in [1.807, 2.05) is 0 Å². The van der Waals surface area contributed by atoms with E-state index in [4.69, 9.17) is 16.3 Å². The van der Waals surface area contributed by atoms with Crippen molar-refractivity contribution in [1.29, 1.82) is 0 Å². The van der Waals surface area contributed by atoms with E-state index in [1.54, 1.807) is 0 Å². The number of anilines is 1. The Kier molecular flexibility index (Phi) is 7.25. The molecular weight excluding hydrogens is 434 g/mol. The van der Waals surface area contributed by atoms with Crippen LogP contribution in [0.4, 0.5) is 14.5 Å². The zero-order valence-electron chi connectivity index (χ0n) is 15.1. The number of hydroxylamine groups is 1. The highest BCUT2D eigenvalue weighted by Crippen LogP contribution is 2.25. The van der Waals surface area contributed by atoms with Crippen LogP contribution in [-0.2, 0) is 24.4 Å². The zero-order chi connectivity index (χ0) is 21.8. The summed E-state index contributed by atoms with van der Waals surface area (Å²) >= 11 is 5.89. The van der Waals surface area contributed by atoms with Crippen molar-refractivity contribution in [3.8, 4) is 0 Å². The van der Waals surface area contributed by atoms with Gasteiger partial charge in [-0.25, -0.2) is 22.0 Å². The minimum absolute atomic E-state index is 0.162. The van der Waals surface area contributed by atoms with Gasteiger partial charge in [0.15, 0.2) is 6.61 Å². The molecule has 8 nitrogen and oxygen atoms in total. The summed E-state index contributed by atoms with van der Waals surface area (Å²) < 4.78 is 56.6. The number of rotatable bonds is 7. The van der Waals surface area contributed by atoms with Crippen molar-refractivity contribution in [2.45, 2.75) is 4.90 Å². The first-order valence-electron chi connectivity index (χ1n) is 7.81. The molecule has 156 valence electrons. The molecular formula is C17H15ClF2N2O6S. The average molecular weight is 449 g/mol. The number of esters is 1. The Bertz CT molecular complexity index is 1050. The minimum atomic E-state index is -4.14. The maximum absolute atomic E-state index is 13.5. The number of nitrogens with one attached hydrogen (secondary N) is 1. The van der Waals surface area contributed by atoms with Gasteiger partial charge in [-0.05, 0) is 30.3 Å². The number of benzene rings is 2. The zero-order valence-corrected chi connectivity index (χ0v) is 16.7. The summed E-state index contributed by atoms with van der Waals surface area (Å²) in [5.41, 5.74) is -0.629. The van der Waals surface area contributed by atoms with Gasteiger partial charge in [-0.2, -0.15) is 0 Å². The summed E-state index contributed by atoms with van der Waals surface area (Å²) in [6.45, 7) is -0.822. The number of carbonyl (C=O) groups is 2. The molecule has 1 N–H and O–H groups in total. The fourth-order valence-corrected chi connectivity index (χ4v) is 3.53. The van der Waals surface area contributed by atoms with Crippen LogP contribution in [0, 0.1) is 11.6 Å². The predicted octanol–water partition coefficient (Wildman–Crippen LogP) is 2.60. The van der Waals surface area contributed by atoms with Gasteiger partial charge in [0.2, 0.25) is 0 Å². The lowest BCUT2D eigenvalue weighted by molar-refractivity contribution is -0.119. The largest absolute Gasteiger partial charge is 0.452 e. The fraction of sp³-hybridized carbons (Fsp3) is 0.176. The van der Waals surface area contributed by atoms with Crippen LogP contribution in [-0.4, -0.2) is 45.5 Å². The van der Waals surface area contributed by atoms with E-state index >= 15 is 0 Å². The van der Waals surface area contributed by atoms with Crippen molar-refractivity contribution in [2.75, 3.05) is 26.1 Å². The lowest BCUT2D eigenvalue weighted by Crippen LogP contribution is -2.26. The van der Waals surface area contributed by atoms with E-state index in [2.05, 4.69) is 10.2 Å². The molecule has 2 aromatic rings. The summed E-state index contributed by atoms with van der Waals surface area (Å²) in [4.78, 5) is 28.2. The highest BCUT2D eigenvalue weighted by Gasteiger charge is 2.25. The van der Waals surface area contributed by atoms with Crippen LogP contribution >= 0.6 is 11.6 Å². The number of nitrogens with zero attached hydrogens (tertiary/aromatic N) is 1. The van der Waals surface area contributed by atoms with Gasteiger partial charge in [0.25, 0.3) is 15.9 Å². The molecule has 0 radical (unpaired) electrons. The van der Waals surface area contributed by atoms with Crippen LogP contribution in [0.15, 0.2) is 41.3 Å². The van der Waals surface area contributed by atoms with Crippen molar-refractivity contribution >= 4 is 39.2 Å². The SMILES string of the molecule is CON(C)S(=O)(=O)c1cc(C(=O)OCC(=O)Nc2cc(F)ccc2F)ccc1Cl. The summed E-state index contributed by atoms with van der Waals surface area (Å²) in [6.07, 6.45) is 0. The monoisotopic (exact) mass is 448 g/mol. The molecule has 0 heterocycles. The van der Waals surface area contributed by atoms with E-state index in [1.165, 1.54) is 6.07 Å². The van der Waals surface area contributed by atoms with Gasteiger partial charge in [-0.15, -0.1) is 0 Å². The predicted molar refractivity (Wildman–Crippen MR) is 98.7 cm³/mol. The first-order valence-corrected chi connectivity index (χ1v) is 9.62. The molecule has 0 saturated carbocycles. The Hall–Kier alpha value is -2.60. The third-order valence-electron chi connectivity index (χ3n) is 3.58. The van der Waals surface area contributed by atoms with Crippen LogP contribution < -0.4 is 5.32 Å². The Labute approximate surface area is 170 Å². The van der Waals surface area contributed by atoms with Gasteiger partial charge >= 0.3 is 5.97 Å². The number of carbonyl (C=O) groups excluding carboxylic acids is 2.